The van der Waals surface area contributed by atoms with Crippen LogP contribution in [0.3, 0.4) is 0 Å². The second-order valence-corrected chi connectivity index (χ2v) is 6.11. The quantitative estimate of drug-likeness (QED) is 0.872. The minimum Gasteiger partial charge on any atom is -0.215 e. The Balaban J connectivity index is 2.71. The van der Waals surface area contributed by atoms with Gasteiger partial charge in [0.15, 0.2) is 0 Å². The van der Waals surface area contributed by atoms with Gasteiger partial charge in [0, 0.05) is 6.54 Å². The first-order valence-corrected chi connectivity index (χ1v) is 7.20. The number of hydrogen-bond acceptors (Lipinski definition) is 2. The number of sulfonamides is 1. The molecule has 0 saturated carbocycles. The van der Waals surface area contributed by atoms with Gasteiger partial charge in [0.25, 0.3) is 0 Å². The Kier molecular flexibility index (Phi) is 4.10. The van der Waals surface area contributed by atoms with Crippen molar-refractivity contribution < 1.29 is 8.42 Å². The first-order valence-electron chi connectivity index (χ1n) is 5.31. The van der Waals surface area contributed by atoms with Crippen molar-refractivity contribution in [3.8, 4) is 0 Å². The van der Waals surface area contributed by atoms with Gasteiger partial charge in [0.2, 0.25) is 10.0 Å². The van der Waals surface area contributed by atoms with Crippen LogP contribution in [0.2, 0.25) is 0 Å². The number of benzene rings is 1. The molecule has 0 amide bonds. The van der Waals surface area contributed by atoms with Gasteiger partial charge in [0.05, 0.1) is 6.26 Å². The predicted molar refractivity (Wildman–Crippen MR) is 67.2 cm³/mol. The summed E-state index contributed by atoms with van der Waals surface area (Å²) in [5.41, 5.74) is 4.95. The monoisotopic (exact) mass is 241 g/mol. The molecule has 0 aliphatic rings. The fraction of sp³-hybridized carbons (Fsp3) is 0.500. The third-order valence-corrected chi connectivity index (χ3v) is 3.44. The zero-order chi connectivity index (χ0) is 12.3. The number of rotatable bonds is 4. The van der Waals surface area contributed by atoms with Crippen LogP contribution in [-0.4, -0.2) is 21.2 Å². The summed E-state index contributed by atoms with van der Waals surface area (Å²) in [4.78, 5) is 0. The van der Waals surface area contributed by atoms with E-state index in [0.717, 1.165) is 6.42 Å². The number of hydrogen-bond donors (Lipinski definition) is 1. The highest BCUT2D eigenvalue weighted by molar-refractivity contribution is 7.88. The van der Waals surface area contributed by atoms with Gasteiger partial charge < -0.3 is 0 Å². The molecule has 0 saturated heterocycles. The molecule has 90 valence electrons. The van der Waals surface area contributed by atoms with E-state index < -0.39 is 10.0 Å². The molecule has 3 nitrogen and oxygen atoms in total. The van der Waals surface area contributed by atoms with Crippen molar-refractivity contribution in [2.45, 2.75) is 27.2 Å². The third-order valence-electron chi connectivity index (χ3n) is 2.71. The number of nitrogens with one attached hydrogen (secondary N) is 1. The molecule has 0 atom stereocenters. The van der Waals surface area contributed by atoms with Crippen LogP contribution in [0.4, 0.5) is 0 Å². The van der Waals surface area contributed by atoms with Crippen LogP contribution in [0.5, 0.6) is 0 Å². The summed E-state index contributed by atoms with van der Waals surface area (Å²) >= 11 is 0. The lowest BCUT2D eigenvalue weighted by atomic mass is 9.99. The first kappa shape index (κ1) is 13.2. The van der Waals surface area contributed by atoms with Crippen LogP contribution in [0.15, 0.2) is 12.1 Å². The van der Waals surface area contributed by atoms with E-state index in [1.54, 1.807) is 0 Å². The van der Waals surface area contributed by atoms with Crippen LogP contribution in [0.1, 0.15) is 22.3 Å². The molecular weight excluding hydrogens is 222 g/mol. The van der Waals surface area contributed by atoms with Crippen LogP contribution in [0, 0.1) is 20.8 Å². The maximum Gasteiger partial charge on any atom is 0.208 e. The van der Waals surface area contributed by atoms with Crippen LogP contribution in [0.25, 0.3) is 0 Å². The molecule has 1 N–H and O–H groups in total. The molecule has 16 heavy (non-hydrogen) atoms. The maximum absolute atomic E-state index is 10.9. The Morgan fingerprint density at radius 2 is 1.62 bits per heavy atom. The van der Waals surface area contributed by atoms with Crippen LogP contribution in [-0.2, 0) is 16.4 Å². The minimum absolute atomic E-state index is 0.460. The van der Waals surface area contributed by atoms with Crippen molar-refractivity contribution in [1.29, 1.82) is 0 Å². The van der Waals surface area contributed by atoms with E-state index in [4.69, 9.17) is 0 Å². The van der Waals surface area contributed by atoms with E-state index in [1.165, 1.54) is 28.5 Å². The molecule has 0 aliphatic heterocycles. The highest BCUT2D eigenvalue weighted by Crippen LogP contribution is 2.15. The van der Waals surface area contributed by atoms with E-state index in [0.29, 0.717) is 6.54 Å². The molecule has 0 aliphatic carbocycles. The van der Waals surface area contributed by atoms with Crippen molar-refractivity contribution in [3.63, 3.8) is 0 Å². The predicted octanol–water partition coefficient (Wildman–Crippen LogP) is 1.70. The molecule has 0 unspecified atom stereocenters. The largest absolute Gasteiger partial charge is 0.215 e. The van der Waals surface area contributed by atoms with Crippen molar-refractivity contribution in [3.05, 3.63) is 34.4 Å². The Hall–Kier alpha value is -0.870. The molecule has 0 bridgehead atoms. The summed E-state index contributed by atoms with van der Waals surface area (Å²) in [5.74, 6) is 0. The Bertz CT molecular complexity index is 478. The van der Waals surface area contributed by atoms with Gasteiger partial charge >= 0.3 is 0 Å². The smallest absolute Gasteiger partial charge is 0.208 e. The van der Waals surface area contributed by atoms with Gasteiger partial charge in [-0.2, -0.15) is 0 Å². The van der Waals surface area contributed by atoms with Crippen molar-refractivity contribution in [2.75, 3.05) is 12.8 Å². The second kappa shape index (κ2) is 4.97. The SMILES string of the molecule is Cc1cc(C)c(CCNS(C)(=O)=O)cc1C. The third kappa shape index (κ3) is 3.94. The second-order valence-electron chi connectivity index (χ2n) is 4.28. The van der Waals surface area contributed by atoms with E-state index in [-0.39, 0.29) is 0 Å². The molecule has 1 aromatic carbocycles. The normalized spacial score (nSPS) is 11.8. The summed E-state index contributed by atoms with van der Waals surface area (Å²) in [6.07, 6.45) is 1.92. The summed E-state index contributed by atoms with van der Waals surface area (Å²) < 4.78 is 24.3. The van der Waals surface area contributed by atoms with E-state index in [1.807, 2.05) is 0 Å². The highest BCUT2D eigenvalue weighted by Gasteiger charge is 2.04. The molecule has 4 heteroatoms. The topological polar surface area (TPSA) is 46.2 Å². The summed E-state index contributed by atoms with van der Waals surface area (Å²) in [5, 5.41) is 0. The van der Waals surface area contributed by atoms with E-state index >= 15 is 0 Å². The van der Waals surface area contributed by atoms with E-state index in [2.05, 4.69) is 37.6 Å². The van der Waals surface area contributed by atoms with Gasteiger partial charge in [-0.25, -0.2) is 13.1 Å². The van der Waals surface area contributed by atoms with Gasteiger partial charge in [-0.3, -0.25) is 0 Å². The van der Waals surface area contributed by atoms with Gasteiger partial charge in [-0.15, -0.1) is 0 Å². The molecule has 0 heterocycles. The summed E-state index contributed by atoms with van der Waals surface area (Å²) in [7, 11) is -3.08. The summed E-state index contributed by atoms with van der Waals surface area (Å²) in [6.45, 7) is 6.67. The molecule has 0 spiro atoms. The fourth-order valence-electron chi connectivity index (χ4n) is 1.66. The fourth-order valence-corrected chi connectivity index (χ4v) is 2.13. The zero-order valence-corrected chi connectivity index (χ0v) is 11.1. The number of aryl methyl sites for hydroxylation is 3. The first-order chi connectivity index (χ1) is 7.29. The van der Waals surface area contributed by atoms with Gasteiger partial charge in [-0.05, 0) is 49.4 Å². The average Bonchev–Trinajstić information content (AvgIpc) is 2.11. The van der Waals surface area contributed by atoms with Crippen molar-refractivity contribution >= 4 is 10.0 Å². The standard InChI is InChI=1S/C12H19NO2S/c1-9-7-11(3)12(8-10(9)2)5-6-13-16(4,14)15/h7-8,13H,5-6H2,1-4H3. The van der Waals surface area contributed by atoms with Crippen molar-refractivity contribution in [1.82, 2.24) is 4.72 Å². The Morgan fingerprint density at radius 1 is 1.06 bits per heavy atom. The minimum atomic E-state index is -3.08. The lowest BCUT2D eigenvalue weighted by Crippen LogP contribution is -2.24. The maximum atomic E-state index is 10.9. The lowest BCUT2D eigenvalue weighted by molar-refractivity contribution is 0.588. The Morgan fingerprint density at radius 3 is 2.19 bits per heavy atom. The zero-order valence-electron chi connectivity index (χ0n) is 10.3. The highest BCUT2D eigenvalue weighted by atomic mass is 32.2. The molecule has 0 radical (unpaired) electrons. The Labute approximate surface area is 97.9 Å². The molecule has 1 aromatic rings. The molecular formula is C12H19NO2S. The van der Waals surface area contributed by atoms with Crippen molar-refractivity contribution in [2.24, 2.45) is 0 Å². The van der Waals surface area contributed by atoms with Gasteiger partial charge in [-0.1, -0.05) is 12.1 Å². The molecule has 0 fully saturated rings. The molecule has 0 aromatic heterocycles. The molecule has 1 rings (SSSR count). The van der Waals surface area contributed by atoms with Crippen LogP contribution < -0.4 is 4.72 Å². The summed E-state index contributed by atoms with van der Waals surface area (Å²) in [6, 6.07) is 4.28. The van der Waals surface area contributed by atoms with Gasteiger partial charge in [0.1, 0.15) is 0 Å². The van der Waals surface area contributed by atoms with E-state index in [9.17, 15) is 8.42 Å². The average molecular weight is 241 g/mol. The van der Waals surface area contributed by atoms with Crippen LogP contribution >= 0.6 is 0 Å². The lowest BCUT2D eigenvalue weighted by Gasteiger charge is -2.09.